The van der Waals surface area contributed by atoms with Crippen LogP contribution in [-0.2, 0) is 10.7 Å². The summed E-state index contributed by atoms with van der Waals surface area (Å²) in [4.78, 5) is 23.6. The zero-order chi connectivity index (χ0) is 21.5. The van der Waals surface area contributed by atoms with E-state index in [1.807, 2.05) is 34.0 Å². The molecule has 1 saturated heterocycles. The van der Waals surface area contributed by atoms with Crippen LogP contribution in [0.25, 0.3) is 0 Å². The number of nitrogens with one attached hydrogen (secondary N) is 1. The first kappa shape index (κ1) is 28.0. The zero-order valence-electron chi connectivity index (χ0n) is 19.0. The lowest BCUT2D eigenvalue weighted by molar-refractivity contribution is 0.0900. The molecule has 8 heteroatoms. The predicted octanol–water partition coefficient (Wildman–Crippen LogP) is 5.11. The predicted molar refractivity (Wildman–Crippen MR) is 131 cm³/mol. The lowest BCUT2D eigenvalue weighted by atomic mass is 9.95. The van der Waals surface area contributed by atoms with Gasteiger partial charge in [-0.2, -0.15) is 0 Å². The highest BCUT2D eigenvalue weighted by atomic mass is 32.3. The van der Waals surface area contributed by atoms with Gasteiger partial charge in [0.25, 0.3) is 5.91 Å². The fraction of sp³-hybridized carbons (Fsp3) is 0.762. The van der Waals surface area contributed by atoms with Gasteiger partial charge in [-0.05, 0) is 44.8 Å². The number of hydrogen-bond donors (Lipinski definition) is 1. The number of aromatic nitrogens is 2. The number of fused-ring (bicyclic) bond motifs is 1. The van der Waals surface area contributed by atoms with Crippen LogP contribution < -0.4 is 10.2 Å². The molecule has 1 unspecified atom stereocenters. The van der Waals surface area contributed by atoms with Gasteiger partial charge in [0, 0.05) is 13.1 Å². The molecule has 1 N–H and O–H groups in total. The number of anilines is 1. The Morgan fingerprint density at radius 1 is 1.17 bits per heavy atom. The van der Waals surface area contributed by atoms with Gasteiger partial charge in [0.15, 0.2) is 5.16 Å². The van der Waals surface area contributed by atoms with Gasteiger partial charge in [-0.3, -0.25) is 4.79 Å². The van der Waals surface area contributed by atoms with Gasteiger partial charge >= 0.3 is 0 Å². The first-order valence-corrected chi connectivity index (χ1v) is 14.1. The van der Waals surface area contributed by atoms with Crippen molar-refractivity contribution in [2.24, 2.45) is 0 Å². The third-order valence-electron chi connectivity index (χ3n) is 4.18. The van der Waals surface area contributed by atoms with Crippen LogP contribution in [0.5, 0.6) is 0 Å². The second kappa shape index (κ2) is 12.0. The topological polar surface area (TPSA) is 67.3 Å². The summed E-state index contributed by atoms with van der Waals surface area (Å²) in [5, 5.41) is 3.59. The molecular formula is C21H42N4O2S2. The minimum Gasteiger partial charge on any atom is -0.353 e. The van der Waals surface area contributed by atoms with E-state index in [9.17, 15) is 4.79 Å². The smallest absolute Gasteiger partial charge is 0.257 e. The molecule has 1 aromatic heterocycles. The summed E-state index contributed by atoms with van der Waals surface area (Å²) in [5.74, 6) is 0.695. The number of amides is 1. The van der Waals surface area contributed by atoms with E-state index in [1.165, 1.54) is 11.8 Å². The highest BCUT2D eigenvalue weighted by molar-refractivity contribution is 8.28. The van der Waals surface area contributed by atoms with Crippen molar-refractivity contribution in [1.29, 1.82) is 0 Å². The lowest BCUT2D eigenvalue weighted by Gasteiger charge is -2.45. The largest absolute Gasteiger partial charge is 0.353 e. The number of hydrogen-bond acceptors (Lipinski definition) is 6. The molecule has 0 aliphatic carbocycles. The lowest BCUT2D eigenvalue weighted by Crippen LogP contribution is -2.49. The summed E-state index contributed by atoms with van der Waals surface area (Å²) in [6, 6.07) is 0. The van der Waals surface area contributed by atoms with E-state index in [1.54, 1.807) is 0 Å². The zero-order valence-corrected chi connectivity index (χ0v) is 20.6. The van der Waals surface area contributed by atoms with Crippen molar-refractivity contribution in [2.75, 3.05) is 43.0 Å². The van der Waals surface area contributed by atoms with E-state index in [4.69, 9.17) is 4.18 Å². The Labute approximate surface area is 184 Å². The molecule has 3 rings (SSSR count). The summed E-state index contributed by atoms with van der Waals surface area (Å²) in [5.41, 5.74) is 1.24. The third-order valence-corrected chi connectivity index (χ3v) is 5.63. The normalized spacial score (nSPS) is 20.9. The molecule has 2 aliphatic rings. The number of carbonyl (C=O) groups is 1. The van der Waals surface area contributed by atoms with Crippen LogP contribution >= 0.6 is 22.1 Å². The standard InChI is InChI=1S/C16H26N4O2S2.2C2H6.CH4/c1-16(22-24(3,4)5)7-6-8-20(10-16)13-12-11(9-17-14(12)21)18-15(19-13)23-2;2*1-2;/h6-10H2,1-5H3,(H,17,21);2*1-2H3;1H4. The van der Waals surface area contributed by atoms with Crippen LogP contribution in [0.2, 0.25) is 0 Å². The second-order valence-corrected chi connectivity index (χ2v) is 11.7. The minimum atomic E-state index is -1.07. The van der Waals surface area contributed by atoms with Crippen LogP contribution in [0.4, 0.5) is 5.82 Å². The SMILES string of the molecule is C.CC.CC.CSc1nc2c(c(N3CCCC(C)(OS(C)(C)C)C3)n1)C(=O)NC2. The summed E-state index contributed by atoms with van der Waals surface area (Å²) < 4.78 is 6.41. The molecule has 1 amide bonds. The molecule has 170 valence electrons. The number of rotatable bonds is 4. The fourth-order valence-corrected chi connectivity index (χ4v) is 5.19. The van der Waals surface area contributed by atoms with Crippen molar-refractivity contribution in [1.82, 2.24) is 15.3 Å². The van der Waals surface area contributed by atoms with Crippen molar-refractivity contribution in [3.63, 3.8) is 0 Å². The monoisotopic (exact) mass is 446 g/mol. The molecule has 0 radical (unpaired) electrons. The van der Waals surface area contributed by atoms with Crippen LogP contribution in [0.3, 0.4) is 0 Å². The molecule has 3 heterocycles. The van der Waals surface area contributed by atoms with Gasteiger partial charge < -0.3 is 14.4 Å². The first-order chi connectivity index (χ1) is 13.2. The van der Waals surface area contributed by atoms with Crippen molar-refractivity contribution in [3.8, 4) is 0 Å². The minimum absolute atomic E-state index is 0. The maximum atomic E-state index is 12.3. The van der Waals surface area contributed by atoms with Crippen molar-refractivity contribution < 1.29 is 8.98 Å². The quantitative estimate of drug-likeness (QED) is 0.512. The summed E-state index contributed by atoms with van der Waals surface area (Å²) in [6.07, 6.45) is 10.5. The van der Waals surface area contributed by atoms with E-state index < -0.39 is 10.3 Å². The van der Waals surface area contributed by atoms with Gasteiger partial charge in [-0.15, -0.1) is 10.3 Å². The number of piperidine rings is 1. The highest BCUT2D eigenvalue weighted by Gasteiger charge is 2.38. The van der Waals surface area contributed by atoms with Crippen LogP contribution in [0.15, 0.2) is 5.16 Å². The summed E-state index contributed by atoms with van der Waals surface area (Å²) >= 11 is 1.51. The van der Waals surface area contributed by atoms with E-state index >= 15 is 0 Å². The van der Waals surface area contributed by atoms with Crippen molar-refractivity contribution in [2.45, 2.75) is 72.2 Å². The number of thioether (sulfide) groups is 1. The molecule has 1 atom stereocenters. The van der Waals surface area contributed by atoms with Crippen LogP contribution in [0, 0.1) is 0 Å². The fourth-order valence-electron chi connectivity index (χ4n) is 3.46. The Balaban J connectivity index is 0.00000148. The molecule has 0 spiro atoms. The third kappa shape index (κ3) is 7.33. The molecule has 29 heavy (non-hydrogen) atoms. The molecular weight excluding hydrogens is 404 g/mol. The molecule has 0 saturated carbocycles. The number of nitrogens with zero attached hydrogens (tertiary/aromatic N) is 3. The second-order valence-electron chi connectivity index (χ2n) is 7.32. The molecule has 1 aromatic rings. The highest BCUT2D eigenvalue weighted by Crippen LogP contribution is 2.44. The van der Waals surface area contributed by atoms with Gasteiger partial charge in [0.05, 0.1) is 17.8 Å². The Bertz CT molecular complexity index is 665. The van der Waals surface area contributed by atoms with Crippen molar-refractivity contribution >= 4 is 33.8 Å². The Morgan fingerprint density at radius 3 is 2.34 bits per heavy atom. The van der Waals surface area contributed by atoms with Gasteiger partial charge in [-0.25, -0.2) is 9.97 Å². The van der Waals surface area contributed by atoms with Gasteiger partial charge in [0.1, 0.15) is 11.4 Å². The van der Waals surface area contributed by atoms with Crippen LogP contribution in [-0.4, -0.2) is 59.6 Å². The van der Waals surface area contributed by atoms with Gasteiger partial charge in [0.2, 0.25) is 0 Å². The maximum absolute atomic E-state index is 12.3. The van der Waals surface area contributed by atoms with E-state index in [0.29, 0.717) is 12.1 Å². The molecule has 0 aromatic carbocycles. The molecule has 1 fully saturated rings. The Hall–Kier alpha value is -0.990. The van der Waals surface area contributed by atoms with Crippen LogP contribution in [0.1, 0.15) is 70.9 Å². The van der Waals surface area contributed by atoms with E-state index in [2.05, 4.69) is 45.9 Å². The molecule has 2 aliphatic heterocycles. The average molecular weight is 447 g/mol. The maximum Gasteiger partial charge on any atom is 0.257 e. The average Bonchev–Trinajstić information content (AvgIpc) is 3.03. The Morgan fingerprint density at radius 2 is 1.79 bits per heavy atom. The Kier molecular flexibility index (Phi) is 11.6. The summed E-state index contributed by atoms with van der Waals surface area (Å²) in [7, 11) is -1.07. The van der Waals surface area contributed by atoms with E-state index in [0.717, 1.165) is 42.6 Å². The molecule has 0 bridgehead atoms. The molecule has 6 nitrogen and oxygen atoms in total. The van der Waals surface area contributed by atoms with Gasteiger partial charge in [-0.1, -0.05) is 46.9 Å². The number of carbonyl (C=O) groups excluding carboxylic acids is 1. The first-order valence-electron chi connectivity index (χ1n) is 10.1. The summed E-state index contributed by atoms with van der Waals surface area (Å²) in [6.45, 7) is 12.3. The van der Waals surface area contributed by atoms with Crippen molar-refractivity contribution in [3.05, 3.63) is 11.3 Å². The van der Waals surface area contributed by atoms with E-state index in [-0.39, 0.29) is 18.9 Å².